The number of benzene rings is 2. The largest absolute Gasteiger partial charge is 0.497 e. The van der Waals surface area contributed by atoms with Crippen LogP contribution < -0.4 is 15.6 Å². The Morgan fingerprint density at radius 3 is 2.50 bits per heavy atom. The maximum atomic E-state index is 12.6. The minimum atomic E-state index is -3.85. The van der Waals surface area contributed by atoms with Crippen molar-refractivity contribution in [1.29, 1.82) is 0 Å². The van der Waals surface area contributed by atoms with Crippen molar-refractivity contribution < 1.29 is 13.2 Å². The van der Waals surface area contributed by atoms with E-state index in [0.717, 1.165) is 0 Å². The predicted molar refractivity (Wildman–Crippen MR) is 102 cm³/mol. The van der Waals surface area contributed by atoms with Crippen molar-refractivity contribution in [1.82, 2.24) is 9.55 Å². The molecule has 0 amide bonds. The summed E-state index contributed by atoms with van der Waals surface area (Å²) >= 11 is 0. The van der Waals surface area contributed by atoms with E-state index in [2.05, 4.69) is 15.0 Å². The van der Waals surface area contributed by atoms with E-state index in [4.69, 9.17) is 15.4 Å². The number of rotatable bonds is 5. The fourth-order valence-corrected chi connectivity index (χ4v) is 3.14. The van der Waals surface area contributed by atoms with Gasteiger partial charge in [-0.25, -0.2) is 23.3 Å². The molecule has 142 valence electrons. The highest BCUT2D eigenvalue weighted by Crippen LogP contribution is 2.31. The molecule has 1 aromatic heterocycles. The summed E-state index contributed by atoms with van der Waals surface area (Å²) in [6.07, 6.45) is 1.33. The molecule has 3 rings (SSSR count). The Hall–Kier alpha value is -3.66. The topological polar surface area (TPSA) is 153 Å². The van der Waals surface area contributed by atoms with E-state index in [1.54, 1.807) is 12.1 Å². The first-order valence-corrected chi connectivity index (χ1v) is 9.34. The Morgan fingerprint density at radius 2 is 1.89 bits per heavy atom. The second-order valence-electron chi connectivity index (χ2n) is 5.56. The molecule has 10 nitrogen and oxygen atoms in total. The Morgan fingerprint density at radius 1 is 1.18 bits per heavy atom. The number of hydrogen-bond acceptors (Lipinski definition) is 6. The predicted octanol–water partition coefficient (Wildman–Crippen LogP) is 2.50. The zero-order valence-electron chi connectivity index (χ0n) is 14.6. The number of ether oxygens (including phenoxy) is 1. The fraction of sp³-hybridized carbons (Fsp3) is 0.0588. The van der Waals surface area contributed by atoms with Gasteiger partial charge in [0.05, 0.1) is 29.1 Å². The number of aromatic nitrogens is 2. The van der Waals surface area contributed by atoms with Crippen LogP contribution in [0.3, 0.4) is 0 Å². The summed E-state index contributed by atoms with van der Waals surface area (Å²) in [5.74, 6) is 0.443. The molecule has 0 bridgehead atoms. The molecular formula is C17H14N6O4S. The Kier molecular flexibility index (Phi) is 5.14. The van der Waals surface area contributed by atoms with Gasteiger partial charge in [0.25, 0.3) is 0 Å². The summed E-state index contributed by atoms with van der Waals surface area (Å²) in [6, 6.07) is 11.9. The SMILES string of the molecule is COc1ccc(N=[N+]=[N-])c(-n2c(-c3ccc(S(N)(=O)=O)cc3)ccnc2=O)c1. The third-order valence-corrected chi connectivity index (χ3v) is 4.83. The van der Waals surface area contributed by atoms with Crippen LogP contribution in [0.25, 0.3) is 27.4 Å². The lowest BCUT2D eigenvalue weighted by atomic mass is 10.1. The molecule has 0 spiro atoms. The van der Waals surface area contributed by atoms with E-state index >= 15 is 0 Å². The van der Waals surface area contributed by atoms with Crippen LogP contribution >= 0.6 is 0 Å². The number of nitrogens with two attached hydrogens (primary N) is 1. The summed E-state index contributed by atoms with van der Waals surface area (Å²) in [5, 5.41) is 8.74. The molecule has 0 radical (unpaired) electrons. The smallest absolute Gasteiger partial charge is 0.352 e. The van der Waals surface area contributed by atoms with Gasteiger partial charge in [-0.05, 0) is 41.4 Å². The van der Waals surface area contributed by atoms with Gasteiger partial charge in [-0.15, -0.1) is 0 Å². The summed E-state index contributed by atoms with van der Waals surface area (Å²) in [7, 11) is -2.38. The van der Waals surface area contributed by atoms with Crippen LogP contribution in [0.5, 0.6) is 5.75 Å². The third-order valence-electron chi connectivity index (χ3n) is 3.90. The number of hydrogen-bond donors (Lipinski definition) is 1. The van der Waals surface area contributed by atoms with Crippen LogP contribution in [0.2, 0.25) is 0 Å². The van der Waals surface area contributed by atoms with Gasteiger partial charge in [0.15, 0.2) is 0 Å². The van der Waals surface area contributed by atoms with Crippen molar-refractivity contribution >= 4 is 15.7 Å². The van der Waals surface area contributed by atoms with E-state index in [1.165, 1.54) is 54.3 Å². The Bertz CT molecular complexity index is 1250. The Balaban J connectivity index is 2.28. The van der Waals surface area contributed by atoms with Crippen LogP contribution in [-0.2, 0) is 10.0 Å². The average molecular weight is 398 g/mol. The molecule has 0 unspecified atom stereocenters. The van der Waals surface area contributed by atoms with E-state index in [0.29, 0.717) is 17.0 Å². The second-order valence-corrected chi connectivity index (χ2v) is 7.12. The van der Waals surface area contributed by atoms with Gasteiger partial charge in [0.2, 0.25) is 10.0 Å². The van der Waals surface area contributed by atoms with Crippen LogP contribution in [0.15, 0.2) is 69.5 Å². The van der Waals surface area contributed by atoms with Crippen molar-refractivity contribution in [2.45, 2.75) is 4.90 Å². The molecule has 0 saturated carbocycles. The van der Waals surface area contributed by atoms with Gasteiger partial charge < -0.3 is 4.74 Å². The molecule has 0 aliphatic heterocycles. The summed E-state index contributed by atoms with van der Waals surface area (Å²) in [5.41, 5.74) is 9.62. The first kappa shape index (κ1) is 19.1. The zero-order valence-corrected chi connectivity index (χ0v) is 15.4. The van der Waals surface area contributed by atoms with Gasteiger partial charge in [-0.1, -0.05) is 17.2 Å². The number of primary sulfonamides is 1. The van der Waals surface area contributed by atoms with E-state index in [1.807, 2.05) is 0 Å². The highest BCUT2D eigenvalue weighted by atomic mass is 32.2. The molecule has 28 heavy (non-hydrogen) atoms. The third kappa shape index (κ3) is 3.71. The first-order chi connectivity index (χ1) is 13.3. The van der Waals surface area contributed by atoms with Crippen LogP contribution in [0, 0.1) is 0 Å². The zero-order chi connectivity index (χ0) is 20.3. The van der Waals surface area contributed by atoms with Gasteiger partial charge >= 0.3 is 5.69 Å². The molecule has 0 fully saturated rings. The van der Waals surface area contributed by atoms with E-state index in [9.17, 15) is 13.2 Å². The molecule has 11 heteroatoms. The molecule has 1 heterocycles. The normalized spacial score (nSPS) is 10.9. The highest BCUT2D eigenvalue weighted by molar-refractivity contribution is 7.89. The average Bonchev–Trinajstić information content (AvgIpc) is 2.68. The molecule has 2 aromatic carbocycles. The molecular weight excluding hydrogens is 384 g/mol. The molecule has 0 saturated heterocycles. The lowest BCUT2D eigenvalue weighted by molar-refractivity contribution is 0.414. The van der Waals surface area contributed by atoms with Crippen molar-refractivity contribution in [2.75, 3.05) is 7.11 Å². The van der Waals surface area contributed by atoms with Crippen molar-refractivity contribution in [2.24, 2.45) is 10.3 Å². The minimum Gasteiger partial charge on any atom is -0.497 e. The second kappa shape index (κ2) is 7.53. The number of azide groups is 1. The molecule has 3 aromatic rings. The van der Waals surface area contributed by atoms with Crippen LogP contribution in [0.4, 0.5) is 5.69 Å². The van der Waals surface area contributed by atoms with Gasteiger partial charge in [-0.3, -0.25) is 4.57 Å². The first-order valence-electron chi connectivity index (χ1n) is 7.80. The van der Waals surface area contributed by atoms with Gasteiger partial charge in [0, 0.05) is 17.2 Å². The van der Waals surface area contributed by atoms with Gasteiger partial charge in [-0.2, -0.15) is 0 Å². The Labute approximate surface area is 159 Å². The monoisotopic (exact) mass is 398 g/mol. The maximum absolute atomic E-state index is 12.6. The van der Waals surface area contributed by atoms with Crippen molar-refractivity contribution in [3.8, 4) is 22.7 Å². The summed E-state index contributed by atoms with van der Waals surface area (Å²) in [6.45, 7) is 0. The lowest BCUT2D eigenvalue weighted by Crippen LogP contribution is -2.22. The van der Waals surface area contributed by atoms with Gasteiger partial charge in [0.1, 0.15) is 5.75 Å². The quantitative estimate of drug-likeness (QED) is 0.397. The summed E-state index contributed by atoms with van der Waals surface area (Å²) in [4.78, 5) is 19.1. The molecule has 0 aliphatic carbocycles. The number of nitrogens with zero attached hydrogens (tertiary/aromatic N) is 5. The molecule has 0 aliphatic rings. The van der Waals surface area contributed by atoms with Crippen molar-refractivity contribution in [3.05, 3.63) is 75.7 Å². The molecule has 0 atom stereocenters. The highest BCUT2D eigenvalue weighted by Gasteiger charge is 2.15. The van der Waals surface area contributed by atoms with Crippen molar-refractivity contribution in [3.63, 3.8) is 0 Å². The number of methoxy groups -OCH3 is 1. The maximum Gasteiger partial charge on any atom is 0.352 e. The molecule has 2 N–H and O–H groups in total. The fourth-order valence-electron chi connectivity index (χ4n) is 2.62. The standard InChI is InChI=1S/C17H14N6O4S/c1-27-12-4-7-14(21-22-18)16(10-12)23-15(8-9-20-17(23)24)11-2-5-13(6-3-11)28(19,25)26/h2-10H,1H3,(H2,19,25,26). The minimum absolute atomic E-state index is 0.0599. The summed E-state index contributed by atoms with van der Waals surface area (Å²) < 4.78 is 29.4. The van der Waals surface area contributed by atoms with E-state index < -0.39 is 15.7 Å². The number of sulfonamides is 1. The lowest BCUT2D eigenvalue weighted by Gasteiger charge is -2.15. The van der Waals surface area contributed by atoms with Crippen LogP contribution in [-0.4, -0.2) is 25.1 Å². The van der Waals surface area contributed by atoms with E-state index in [-0.39, 0.29) is 16.3 Å². The van der Waals surface area contributed by atoms with Crippen LogP contribution in [0.1, 0.15) is 0 Å².